The number of halogens is 1. The van der Waals surface area contributed by atoms with E-state index in [1.807, 2.05) is 19.1 Å². The van der Waals surface area contributed by atoms with Crippen molar-refractivity contribution in [3.05, 3.63) is 40.8 Å². The number of aromatic nitrogens is 3. The van der Waals surface area contributed by atoms with Crippen molar-refractivity contribution < 1.29 is 0 Å². The van der Waals surface area contributed by atoms with Crippen LogP contribution in [-0.2, 0) is 6.54 Å². The van der Waals surface area contributed by atoms with Gasteiger partial charge >= 0.3 is 0 Å². The number of nitrogens with one attached hydrogen (secondary N) is 1. The van der Waals surface area contributed by atoms with Crippen LogP contribution < -0.4 is 11.1 Å². The summed E-state index contributed by atoms with van der Waals surface area (Å²) in [6.07, 6.45) is 5.64. The molecule has 0 radical (unpaired) electrons. The molecule has 3 rings (SSSR count). The maximum absolute atomic E-state index is 5.93. The number of nitrogens with zero attached hydrogens (tertiary/aromatic N) is 4. The molecule has 0 amide bonds. The van der Waals surface area contributed by atoms with Gasteiger partial charge in [-0.1, -0.05) is 17.7 Å². The lowest BCUT2D eigenvalue weighted by Gasteiger charge is -2.09. The first-order valence-corrected chi connectivity index (χ1v) is 7.23. The smallest absolute Gasteiger partial charge is 0.189 e. The van der Waals surface area contributed by atoms with Crippen LogP contribution in [0.5, 0.6) is 0 Å². The molecule has 0 bridgehead atoms. The first kappa shape index (κ1) is 13.9. The lowest BCUT2D eigenvalue weighted by molar-refractivity contribution is 0.813. The average Bonchev–Trinajstić information content (AvgIpc) is 3.16. The van der Waals surface area contributed by atoms with E-state index in [2.05, 4.69) is 20.4 Å². The lowest BCUT2D eigenvalue weighted by atomic mass is 10.2. The van der Waals surface area contributed by atoms with Gasteiger partial charge in [0.25, 0.3) is 0 Å². The molecule has 0 spiro atoms. The van der Waals surface area contributed by atoms with Crippen molar-refractivity contribution in [3.8, 4) is 5.82 Å². The molecular formula is C14H17ClN6. The van der Waals surface area contributed by atoms with Gasteiger partial charge in [0.05, 0.1) is 24.0 Å². The molecule has 1 aliphatic carbocycles. The summed E-state index contributed by atoms with van der Waals surface area (Å²) in [6, 6.07) is 4.43. The summed E-state index contributed by atoms with van der Waals surface area (Å²) < 4.78 is 1.66. The van der Waals surface area contributed by atoms with Crippen LogP contribution in [0.4, 0.5) is 0 Å². The highest BCUT2D eigenvalue weighted by Crippen LogP contribution is 2.19. The number of aryl methyl sites for hydroxylation is 1. The first-order chi connectivity index (χ1) is 10.1. The molecule has 3 N–H and O–H groups in total. The van der Waals surface area contributed by atoms with Crippen molar-refractivity contribution in [2.45, 2.75) is 32.4 Å². The fourth-order valence-electron chi connectivity index (χ4n) is 1.96. The van der Waals surface area contributed by atoms with Crippen molar-refractivity contribution >= 4 is 17.6 Å². The molecule has 0 saturated heterocycles. The van der Waals surface area contributed by atoms with Gasteiger partial charge in [0.15, 0.2) is 11.8 Å². The minimum atomic E-state index is 0.450. The molecule has 1 aliphatic rings. The van der Waals surface area contributed by atoms with Crippen LogP contribution in [0.1, 0.15) is 24.1 Å². The lowest BCUT2D eigenvalue weighted by Crippen LogP contribution is -2.33. The van der Waals surface area contributed by atoms with E-state index in [1.165, 1.54) is 12.8 Å². The van der Waals surface area contributed by atoms with Crippen molar-refractivity contribution in [2.75, 3.05) is 0 Å². The monoisotopic (exact) mass is 304 g/mol. The second-order valence-corrected chi connectivity index (χ2v) is 5.60. The van der Waals surface area contributed by atoms with Crippen molar-refractivity contribution in [2.24, 2.45) is 10.7 Å². The fraction of sp³-hybridized carbons (Fsp3) is 0.357. The van der Waals surface area contributed by atoms with Crippen LogP contribution in [0.15, 0.2) is 29.5 Å². The van der Waals surface area contributed by atoms with Gasteiger partial charge in [0.1, 0.15) is 0 Å². The third kappa shape index (κ3) is 3.52. The second-order valence-electron chi connectivity index (χ2n) is 5.16. The quantitative estimate of drug-likeness (QED) is 0.666. The predicted molar refractivity (Wildman–Crippen MR) is 82.6 cm³/mol. The Balaban J connectivity index is 1.83. The van der Waals surface area contributed by atoms with E-state index in [0.29, 0.717) is 23.6 Å². The summed E-state index contributed by atoms with van der Waals surface area (Å²) in [4.78, 5) is 8.89. The Kier molecular flexibility index (Phi) is 3.79. The highest BCUT2D eigenvalue weighted by Gasteiger charge is 2.21. The number of hydrogen-bond donors (Lipinski definition) is 2. The molecule has 0 aliphatic heterocycles. The Morgan fingerprint density at radius 3 is 3.00 bits per heavy atom. The molecule has 6 nitrogen and oxygen atoms in total. The zero-order valence-corrected chi connectivity index (χ0v) is 12.5. The van der Waals surface area contributed by atoms with Crippen molar-refractivity contribution in [1.82, 2.24) is 20.1 Å². The van der Waals surface area contributed by atoms with Gasteiger partial charge in [-0.2, -0.15) is 5.10 Å². The van der Waals surface area contributed by atoms with E-state index in [9.17, 15) is 0 Å². The molecule has 0 unspecified atom stereocenters. The predicted octanol–water partition coefficient (Wildman–Crippen LogP) is 1.80. The van der Waals surface area contributed by atoms with E-state index >= 15 is 0 Å². The SMILES string of the molecule is Cc1ccc(CN=C(N)NC2CC2)c(-n2cc(Cl)cn2)n1. The Hall–Kier alpha value is -2.08. The summed E-state index contributed by atoms with van der Waals surface area (Å²) in [5.41, 5.74) is 7.72. The van der Waals surface area contributed by atoms with Gasteiger partial charge in [0, 0.05) is 17.3 Å². The molecule has 110 valence electrons. The van der Waals surface area contributed by atoms with Crippen LogP contribution in [0, 0.1) is 6.92 Å². The van der Waals surface area contributed by atoms with Crippen LogP contribution >= 0.6 is 11.6 Å². The average molecular weight is 305 g/mol. The highest BCUT2D eigenvalue weighted by molar-refractivity contribution is 6.30. The maximum atomic E-state index is 5.93. The van der Waals surface area contributed by atoms with Crippen LogP contribution in [-0.4, -0.2) is 26.8 Å². The third-order valence-corrected chi connectivity index (χ3v) is 3.41. The highest BCUT2D eigenvalue weighted by atomic mass is 35.5. The molecule has 0 atom stereocenters. The summed E-state index contributed by atoms with van der Waals surface area (Å²) >= 11 is 5.93. The van der Waals surface area contributed by atoms with Crippen molar-refractivity contribution in [1.29, 1.82) is 0 Å². The van der Waals surface area contributed by atoms with Gasteiger partial charge < -0.3 is 11.1 Å². The Morgan fingerprint density at radius 1 is 1.52 bits per heavy atom. The van der Waals surface area contributed by atoms with E-state index < -0.39 is 0 Å². The molecule has 1 saturated carbocycles. The number of pyridine rings is 1. The topological polar surface area (TPSA) is 81.1 Å². The van der Waals surface area contributed by atoms with Crippen LogP contribution in [0.3, 0.4) is 0 Å². The summed E-state index contributed by atoms with van der Waals surface area (Å²) in [5.74, 6) is 1.20. The first-order valence-electron chi connectivity index (χ1n) is 6.85. The number of rotatable bonds is 4. The van der Waals surface area contributed by atoms with Gasteiger partial charge in [-0.3, -0.25) is 0 Å². The number of hydrogen-bond acceptors (Lipinski definition) is 3. The normalized spacial score (nSPS) is 15.2. The number of nitrogens with two attached hydrogens (primary N) is 1. The van der Waals surface area contributed by atoms with E-state index in [0.717, 1.165) is 17.1 Å². The van der Waals surface area contributed by atoms with Gasteiger partial charge in [-0.15, -0.1) is 0 Å². The molecule has 1 fully saturated rings. The van der Waals surface area contributed by atoms with Gasteiger partial charge in [-0.25, -0.2) is 14.7 Å². The number of guanidine groups is 1. The van der Waals surface area contributed by atoms with Crippen LogP contribution in [0.25, 0.3) is 5.82 Å². The molecule has 2 aromatic rings. The third-order valence-electron chi connectivity index (χ3n) is 3.21. The molecule has 21 heavy (non-hydrogen) atoms. The molecule has 2 aromatic heterocycles. The van der Waals surface area contributed by atoms with Gasteiger partial charge in [0.2, 0.25) is 0 Å². The molecule has 2 heterocycles. The molecule has 7 heteroatoms. The minimum absolute atomic E-state index is 0.450. The Bertz CT molecular complexity index is 674. The fourth-order valence-corrected chi connectivity index (χ4v) is 2.10. The summed E-state index contributed by atoms with van der Waals surface area (Å²) in [7, 11) is 0. The van der Waals surface area contributed by atoms with E-state index in [1.54, 1.807) is 17.1 Å². The van der Waals surface area contributed by atoms with E-state index in [4.69, 9.17) is 17.3 Å². The minimum Gasteiger partial charge on any atom is -0.370 e. The van der Waals surface area contributed by atoms with E-state index in [-0.39, 0.29) is 0 Å². The largest absolute Gasteiger partial charge is 0.370 e. The van der Waals surface area contributed by atoms with Crippen molar-refractivity contribution in [3.63, 3.8) is 0 Å². The zero-order chi connectivity index (χ0) is 14.8. The Morgan fingerprint density at radius 2 is 2.33 bits per heavy atom. The van der Waals surface area contributed by atoms with Gasteiger partial charge in [-0.05, 0) is 25.8 Å². The van der Waals surface area contributed by atoms with Crippen LogP contribution in [0.2, 0.25) is 5.02 Å². The summed E-state index contributed by atoms with van der Waals surface area (Å²) in [5, 5.41) is 7.93. The number of aliphatic imine (C=N–C) groups is 1. The zero-order valence-electron chi connectivity index (χ0n) is 11.8. The molecule has 0 aromatic carbocycles. The molecular weight excluding hydrogens is 288 g/mol. The Labute approximate surface area is 128 Å². The summed E-state index contributed by atoms with van der Waals surface area (Å²) in [6.45, 7) is 2.39. The maximum Gasteiger partial charge on any atom is 0.189 e. The standard InChI is InChI=1S/C14H17ClN6/c1-9-2-3-10(6-17-14(16)20-12-4-5-12)13(19-9)21-8-11(15)7-18-21/h2-3,7-8,12H,4-6H2,1H3,(H3,16,17,20). The second kappa shape index (κ2) is 5.73.